The first-order valence-corrected chi connectivity index (χ1v) is 9.10. The minimum absolute atomic E-state index is 0.0281. The van der Waals surface area contributed by atoms with Gasteiger partial charge in [0.15, 0.2) is 0 Å². The highest BCUT2D eigenvalue weighted by Crippen LogP contribution is 2.23. The molecule has 7 heteroatoms. The molecule has 2 aromatic carbocycles. The Morgan fingerprint density at radius 3 is 2.57 bits per heavy atom. The molecule has 0 spiro atoms. The molecule has 23 heavy (non-hydrogen) atoms. The summed E-state index contributed by atoms with van der Waals surface area (Å²) >= 11 is 3.30. The third kappa shape index (κ3) is 4.11. The highest BCUT2D eigenvalue weighted by molar-refractivity contribution is 9.10. The van der Waals surface area contributed by atoms with Crippen LogP contribution in [0.4, 0.5) is 0 Å². The molecule has 0 saturated heterocycles. The predicted molar refractivity (Wildman–Crippen MR) is 94.3 cm³/mol. The van der Waals surface area contributed by atoms with E-state index in [1.165, 1.54) is 6.07 Å². The van der Waals surface area contributed by atoms with Crippen molar-refractivity contribution in [1.29, 1.82) is 0 Å². The second-order valence-corrected chi connectivity index (χ2v) is 7.77. The maximum atomic E-state index is 12.4. The van der Waals surface area contributed by atoms with Crippen molar-refractivity contribution in [2.45, 2.75) is 25.7 Å². The smallest absolute Gasteiger partial charge is 0.276 e. The van der Waals surface area contributed by atoms with Crippen molar-refractivity contribution >= 4 is 31.7 Å². The maximum Gasteiger partial charge on any atom is 0.276 e. The number of nitrogens with one attached hydrogen (secondary N) is 1. The zero-order valence-electron chi connectivity index (χ0n) is 13.0. The molecule has 0 unspecified atom stereocenters. The van der Waals surface area contributed by atoms with Crippen molar-refractivity contribution in [3.8, 4) is 5.75 Å². The molecular weight excluding hydrogens is 380 g/mol. The number of hydrogen-bond donors (Lipinski definition) is 2. The number of aryl methyl sites for hydroxylation is 2. The van der Waals surface area contributed by atoms with E-state index in [0.29, 0.717) is 16.8 Å². The lowest BCUT2D eigenvalue weighted by Gasteiger charge is -2.09. The third-order valence-electron chi connectivity index (χ3n) is 3.32. The van der Waals surface area contributed by atoms with E-state index in [1.807, 2.05) is 13.0 Å². The average molecular weight is 397 g/mol. The molecule has 0 aliphatic rings. The number of phenols is 1. The molecule has 122 valence electrons. The molecule has 0 saturated carbocycles. The first kappa shape index (κ1) is 17.5. The molecule has 0 aliphatic carbocycles. The van der Waals surface area contributed by atoms with Gasteiger partial charge in [0.05, 0.1) is 10.6 Å². The lowest BCUT2D eigenvalue weighted by Crippen LogP contribution is -2.21. The Hall–Kier alpha value is -1.86. The number of hydrazone groups is 1. The van der Waals surface area contributed by atoms with Crippen LogP contribution in [0.3, 0.4) is 0 Å². The monoisotopic (exact) mass is 396 g/mol. The summed E-state index contributed by atoms with van der Waals surface area (Å²) in [6, 6.07) is 10.1. The van der Waals surface area contributed by atoms with Gasteiger partial charge in [0.2, 0.25) is 0 Å². The Kier molecular flexibility index (Phi) is 5.11. The second-order valence-electron chi connectivity index (χ2n) is 5.22. The molecule has 0 heterocycles. The topological polar surface area (TPSA) is 78.8 Å². The normalized spacial score (nSPS) is 12.3. The van der Waals surface area contributed by atoms with Gasteiger partial charge in [0.25, 0.3) is 10.0 Å². The molecule has 0 aliphatic heterocycles. The van der Waals surface area contributed by atoms with E-state index in [-0.39, 0.29) is 10.6 Å². The quantitative estimate of drug-likeness (QED) is 0.613. The molecule has 0 atom stereocenters. The first-order chi connectivity index (χ1) is 10.7. The van der Waals surface area contributed by atoms with Crippen LogP contribution in [0, 0.1) is 13.8 Å². The molecule has 0 amide bonds. The molecular formula is C16H17BrN2O3S. The van der Waals surface area contributed by atoms with Crippen LogP contribution in [-0.4, -0.2) is 19.2 Å². The highest BCUT2D eigenvalue weighted by atomic mass is 79.9. The fraction of sp³-hybridized carbons (Fsp3) is 0.188. The van der Waals surface area contributed by atoms with E-state index < -0.39 is 10.0 Å². The number of rotatable bonds is 4. The summed E-state index contributed by atoms with van der Waals surface area (Å²) in [7, 11) is -3.77. The Labute approximate surface area is 144 Å². The average Bonchev–Trinajstić information content (AvgIpc) is 2.49. The van der Waals surface area contributed by atoms with E-state index in [0.717, 1.165) is 10.0 Å². The van der Waals surface area contributed by atoms with Crippen molar-refractivity contribution < 1.29 is 13.5 Å². The SMILES string of the molecule is C/C(=N\NS(=O)(=O)c1cc(C)ccc1C)c1cc(Br)ccc1O. The van der Waals surface area contributed by atoms with Gasteiger partial charge >= 0.3 is 0 Å². The van der Waals surface area contributed by atoms with Gasteiger partial charge in [-0.2, -0.15) is 18.4 Å². The minimum Gasteiger partial charge on any atom is -0.507 e. The first-order valence-electron chi connectivity index (χ1n) is 6.83. The van der Waals surface area contributed by atoms with E-state index in [4.69, 9.17) is 0 Å². The predicted octanol–water partition coefficient (Wildman–Crippen LogP) is 3.47. The van der Waals surface area contributed by atoms with Crippen LogP contribution in [0.25, 0.3) is 0 Å². The second kappa shape index (κ2) is 6.72. The van der Waals surface area contributed by atoms with Crippen LogP contribution in [0.5, 0.6) is 5.75 Å². The zero-order valence-corrected chi connectivity index (χ0v) is 15.4. The minimum atomic E-state index is -3.77. The Morgan fingerprint density at radius 2 is 1.87 bits per heavy atom. The van der Waals surface area contributed by atoms with E-state index >= 15 is 0 Å². The van der Waals surface area contributed by atoms with Gasteiger partial charge in [-0.25, -0.2) is 0 Å². The van der Waals surface area contributed by atoms with E-state index in [9.17, 15) is 13.5 Å². The van der Waals surface area contributed by atoms with Gasteiger partial charge in [-0.05, 0) is 56.2 Å². The van der Waals surface area contributed by atoms with Gasteiger partial charge in [0, 0.05) is 10.0 Å². The fourth-order valence-corrected chi connectivity index (χ4v) is 3.58. The van der Waals surface area contributed by atoms with Crippen molar-refractivity contribution in [2.75, 3.05) is 0 Å². The number of halogens is 1. The van der Waals surface area contributed by atoms with Crippen molar-refractivity contribution in [2.24, 2.45) is 5.10 Å². The van der Waals surface area contributed by atoms with Crippen LogP contribution in [0.1, 0.15) is 23.6 Å². The zero-order chi connectivity index (χ0) is 17.2. The van der Waals surface area contributed by atoms with Crippen molar-refractivity contribution in [3.05, 3.63) is 57.6 Å². The number of sulfonamides is 1. The number of nitrogens with zero attached hydrogens (tertiary/aromatic N) is 1. The lowest BCUT2D eigenvalue weighted by molar-refractivity contribution is 0.474. The standard InChI is InChI=1S/C16H17BrN2O3S/c1-10-4-5-11(2)16(8-10)23(21,22)19-18-12(3)14-9-13(17)6-7-15(14)20/h4-9,19-20H,1-3H3/b18-12+. The van der Waals surface area contributed by atoms with E-state index in [2.05, 4.69) is 25.9 Å². The van der Waals surface area contributed by atoms with E-state index in [1.54, 1.807) is 38.1 Å². The number of aromatic hydroxyl groups is 1. The van der Waals surface area contributed by atoms with Crippen LogP contribution >= 0.6 is 15.9 Å². The lowest BCUT2D eigenvalue weighted by atomic mass is 10.1. The molecule has 5 nitrogen and oxygen atoms in total. The van der Waals surface area contributed by atoms with Gasteiger partial charge in [0.1, 0.15) is 5.75 Å². The summed E-state index contributed by atoms with van der Waals surface area (Å²) in [4.78, 5) is 2.41. The summed E-state index contributed by atoms with van der Waals surface area (Å²) in [5, 5.41) is 13.8. The summed E-state index contributed by atoms with van der Waals surface area (Å²) in [6.07, 6.45) is 0. The Bertz CT molecular complexity index is 877. The molecule has 0 fully saturated rings. The summed E-state index contributed by atoms with van der Waals surface area (Å²) in [5.74, 6) is 0.0281. The van der Waals surface area contributed by atoms with Gasteiger partial charge in [-0.1, -0.05) is 28.1 Å². The third-order valence-corrected chi connectivity index (χ3v) is 5.16. The van der Waals surface area contributed by atoms with Crippen LogP contribution in [-0.2, 0) is 10.0 Å². The van der Waals surface area contributed by atoms with Crippen molar-refractivity contribution in [3.63, 3.8) is 0 Å². The largest absolute Gasteiger partial charge is 0.507 e. The molecule has 0 aromatic heterocycles. The molecule has 2 N–H and O–H groups in total. The summed E-state index contributed by atoms with van der Waals surface area (Å²) < 4.78 is 25.6. The van der Waals surface area contributed by atoms with Crippen LogP contribution in [0.15, 0.2) is 50.9 Å². The van der Waals surface area contributed by atoms with Gasteiger partial charge in [-0.3, -0.25) is 0 Å². The Balaban J connectivity index is 2.34. The maximum absolute atomic E-state index is 12.4. The summed E-state index contributed by atoms with van der Waals surface area (Å²) in [5.41, 5.74) is 2.29. The van der Waals surface area contributed by atoms with Crippen LogP contribution < -0.4 is 4.83 Å². The summed E-state index contributed by atoms with van der Waals surface area (Å²) in [6.45, 7) is 5.17. The van der Waals surface area contributed by atoms with Gasteiger partial charge < -0.3 is 5.11 Å². The number of hydrogen-bond acceptors (Lipinski definition) is 4. The molecule has 2 rings (SSSR count). The molecule has 0 bridgehead atoms. The van der Waals surface area contributed by atoms with Crippen LogP contribution in [0.2, 0.25) is 0 Å². The Morgan fingerprint density at radius 1 is 1.17 bits per heavy atom. The highest BCUT2D eigenvalue weighted by Gasteiger charge is 2.16. The van der Waals surface area contributed by atoms with Gasteiger partial charge in [-0.15, -0.1) is 0 Å². The molecule has 2 aromatic rings. The number of benzene rings is 2. The van der Waals surface area contributed by atoms with Crippen molar-refractivity contribution in [1.82, 2.24) is 4.83 Å². The fourth-order valence-electron chi connectivity index (χ4n) is 2.03. The number of phenolic OH excluding ortho intramolecular Hbond substituents is 1. The molecule has 0 radical (unpaired) electrons.